The van der Waals surface area contributed by atoms with Gasteiger partial charge in [-0.25, -0.2) is 4.79 Å². The molecule has 0 aliphatic carbocycles. The lowest BCUT2D eigenvalue weighted by molar-refractivity contribution is 0.0525. The number of phenols is 1. The van der Waals surface area contributed by atoms with Gasteiger partial charge < -0.3 is 19.3 Å². The number of hydrogen-bond donors (Lipinski definition) is 1. The lowest BCUT2D eigenvalue weighted by Crippen LogP contribution is -2.07. The molecule has 0 saturated heterocycles. The van der Waals surface area contributed by atoms with Gasteiger partial charge >= 0.3 is 5.97 Å². The maximum atomic E-state index is 12.2. The molecule has 0 saturated carbocycles. The van der Waals surface area contributed by atoms with Crippen LogP contribution >= 0.6 is 0 Å². The van der Waals surface area contributed by atoms with E-state index >= 15 is 0 Å². The summed E-state index contributed by atoms with van der Waals surface area (Å²) in [6, 6.07) is 22.0. The zero-order valence-electron chi connectivity index (χ0n) is 15.6. The molecule has 3 rings (SSSR count). The number of esters is 1. The Morgan fingerprint density at radius 1 is 0.821 bits per heavy atom. The first-order valence-corrected chi connectivity index (χ1v) is 9.05. The van der Waals surface area contributed by atoms with E-state index in [1.54, 1.807) is 6.92 Å². The largest absolute Gasteiger partial charge is 0.502 e. The molecule has 3 aromatic carbocycles. The first-order chi connectivity index (χ1) is 13.7. The van der Waals surface area contributed by atoms with E-state index in [1.165, 1.54) is 12.1 Å². The van der Waals surface area contributed by atoms with E-state index in [0.717, 1.165) is 11.1 Å². The maximum Gasteiger partial charge on any atom is 0.338 e. The molecule has 5 nitrogen and oxygen atoms in total. The normalized spacial score (nSPS) is 10.3. The van der Waals surface area contributed by atoms with Gasteiger partial charge in [0, 0.05) is 0 Å². The molecule has 0 aliphatic rings. The van der Waals surface area contributed by atoms with Crippen molar-refractivity contribution in [3.63, 3.8) is 0 Å². The highest BCUT2D eigenvalue weighted by atomic mass is 16.5. The summed E-state index contributed by atoms with van der Waals surface area (Å²) in [7, 11) is 0. The highest BCUT2D eigenvalue weighted by Crippen LogP contribution is 2.38. The highest BCUT2D eigenvalue weighted by Gasteiger charge is 2.18. The first kappa shape index (κ1) is 19.3. The van der Waals surface area contributed by atoms with Crippen LogP contribution in [0.2, 0.25) is 0 Å². The van der Waals surface area contributed by atoms with Crippen LogP contribution in [-0.4, -0.2) is 17.7 Å². The van der Waals surface area contributed by atoms with Crippen LogP contribution in [0.3, 0.4) is 0 Å². The van der Waals surface area contributed by atoms with E-state index in [2.05, 4.69) is 0 Å². The number of rotatable bonds is 8. The molecule has 0 amide bonds. The molecule has 3 aromatic rings. The zero-order chi connectivity index (χ0) is 19.8. The predicted octanol–water partition coefficient (Wildman–Crippen LogP) is 4.73. The Kier molecular flexibility index (Phi) is 6.52. The second-order valence-electron chi connectivity index (χ2n) is 6.09. The number of hydrogen-bond acceptors (Lipinski definition) is 5. The predicted molar refractivity (Wildman–Crippen MR) is 106 cm³/mol. The van der Waals surface area contributed by atoms with Crippen molar-refractivity contribution in [2.24, 2.45) is 0 Å². The molecule has 0 spiro atoms. The summed E-state index contributed by atoms with van der Waals surface area (Å²) in [5.74, 6) is -0.327. The minimum atomic E-state index is -0.503. The molecule has 144 valence electrons. The number of carbonyl (C=O) groups excluding carboxylic acids is 1. The van der Waals surface area contributed by atoms with Crippen molar-refractivity contribution in [1.82, 2.24) is 0 Å². The van der Waals surface area contributed by atoms with Gasteiger partial charge in [0.2, 0.25) is 5.75 Å². The van der Waals surface area contributed by atoms with Crippen molar-refractivity contribution in [2.45, 2.75) is 20.1 Å². The Hall–Kier alpha value is -3.47. The van der Waals surface area contributed by atoms with E-state index in [0.29, 0.717) is 0 Å². The molecule has 1 N–H and O–H groups in total. The molecule has 28 heavy (non-hydrogen) atoms. The molecule has 0 unspecified atom stereocenters. The van der Waals surface area contributed by atoms with E-state index in [4.69, 9.17) is 14.2 Å². The molecule has 5 heteroatoms. The van der Waals surface area contributed by atoms with Crippen LogP contribution in [0.5, 0.6) is 17.2 Å². The fraction of sp³-hybridized carbons (Fsp3) is 0.174. The molecular weight excluding hydrogens is 356 g/mol. The molecule has 0 aliphatic heterocycles. The summed E-state index contributed by atoms with van der Waals surface area (Å²) >= 11 is 0. The SMILES string of the molecule is CCOC(=O)c1cc(OCc2ccccc2)c(O)c(OCc2ccccc2)c1. The van der Waals surface area contributed by atoms with Gasteiger partial charge in [-0.1, -0.05) is 60.7 Å². The van der Waals surface area contributed by atoms with Crippen LogP contribution in [0.15, 0.2) is 72.8 Å². The van der Waals surface area contributed by atoms with Crippen LogP contribution in [0.1, 0.15) is 28.4 Å². The third-order valence-corrected chi connectivity index (χ3v) is 4.03. The smallest absolute Gasteiger partial charge is 0.338 e. The molecule has 0 heterocycles. The fourth-order valence-corrected chi connectivity index (χ4v) is 2.61. The highest BCUT2D eigenvalue weighted by molar-refractivity contribution is 5.91. The maximum absolute atomic E-state index is 12.2. The Bertz CT molecular complexity index is 842. The van der Waals surface area contributed by atoms with Crippen LogP contribution in [0.4, 0.5) is 0 Å². The average Bonchev–Trinajstić information content (AvgIpc) is 2.73. The van der Waals surface area contributed by atoms with Gasteiger partial charge in [0.1, 0.15) is 13.2 Å². The lowest BCUT2D eigenvalue weighted by Gasteiger charge is -2.15. The minimum Gasteiger partial charge on any atom is -0.502 e. The summed E-state index contributed by atoms with van der Waals surface area (Å²) in [4.78, 5) is 12.2. The number of benzene rings is 3. The quantitative estimate of drug-likeness (QED) is 0.574. The van der Waals surface area contributed by atoms with Gasteiger partial charge in [0.05, 0.1) is 12.2 Å². The van der Waals surface area contributed by atoms with Crippen LogP contribution < -0.4 is 9.47 Å². The summed E-state index contributed by atoms with van der Waals surface area (Å²) in [6.45, 7) is 2.48. The Morgan fingerprint density at radius 2 is 1.29 bits per heavy atom. The number of carbonyl (C=O) groups is 1. The van der Waals surface area contributed by atoms with Gasteiger partial charge in [-0.2, -0.15) is 0 Å². The second kappa shape index (κ2) is 9.46. The summed E-state index contributed by atoms with van der Waals surface area (Å²) in [6.07, 6.45) is 0. The molecule has 0 bridgehead atoms. The molecule has 0 fully saturated rings. The third kappa shape index (κ3) is 5.04. The van der Waals surface area contributed by atoms with Gasteiger partial charge in [-0.3, -0.25) is 0 Å². The van der Waals surface area contributed by atoms with Gasteiger partial charge in [-0.05, 0) is 30.2 Å². The fourth-order valence-electron chi connectivity index (χ4n) is 2.61. The van der Waals surface area contributed by atoms with Gasteiger partial charge in [0.15, 0.2) is 11.5 Å². The minimum absolute atomic E-state index is 0.153. The van der Waals surface area contributed by atoms with Crippen LogP contribution in [-0.2, 0) is 18.0 Å². The van der Waals surface area contributed by atoms with E-state index < -0.39 is 5.97 Å². The van der Waals surface area contributed by atoms with Crippen molar-refractivity contribution >= 4 is 5.97 Å². The van der Waals surface area contributed by atoms with Crippen LogP contribution in [0, 0.1) is 0 Å². The number of phenolic OH excluding ortho intramolecular Hbond substituents is 1. The van der Waals surface area contributed by atoms with E-state index in [9.17, 15) is 9.90 Å². The topological polar surface area (TPSA) is 65.0 Å². The number of aromatic hydroxyl groups is 1. The van der Waals surface area contributed by atoms with Crippen molar-refractivity contribution in [2.75, 3.05) is 6.61 Å². The van der Waals surface area contributed by atoms with Crippen molar-refractivity contribution in [3.05, 3.63) is 89.5 Å². The number of ether oxygens (including phenoxy) is 3. The third-order valence-electron chi connectivity index (χ3n) is 4.03. The van der Waals surface area contributed by atoms with Gasteiger partial charge in [0.25, 0.3) is 0 Å². The van der Waals surface area contributed by atoms with Crippen molar-refractivity contribution < 1.29 is 24.1 Å². The molecule has 0 radical (unpaired) electrons. The summed E-state index contributed by atoms with van der Waals surface area (Å²) in [5, 5.41) is 10.6. The van der Waals surface area contributed by atoms with Gasteiger partial charge in [-0.15, -0.1) is 0 Å². The second-order valence-corrected chi connectivity index (χ2v) is 6.09. The van der Waals surface area contributed by atoms with Crippen LogP contribution in [0.25, 0.3) is 0 Å². The monoisotopic (exact) mass is 378 g/mol. The summed E-state index contributed by atoms with van der Waals surface area (Å²) < 4.78 is 16.6. The average molecular weight is 378 g/mol. The summed E-state index contributed by atoms with van der Waals surface area (Å²) in [5.41, 5.74) is 2.14. The first-order valence-electron chi connectivity index (χ1n) is 9.05. The lowest BCUT2D eigenvalue weighted by atomic mass is 10.1. The Balaban J connectivity index is 1.84. The standard InChI is InChI=1S/C23H22O5/c1-2-26-23(25)19-13-20(27-15-17-9-5-3-6-10-17)22(24)21(14-19)28-16-18-11-7-4-8-12-18/h3-14,24H,2,15-16H2,1H3. The molecular formula is C23H22O5. The van der Waals surface area contributed by atoms with E-state index in [1.807, 2.05) is 60.7 Å². The molecule has 0 atom stereocenters. The van der Waals surface area contributed by atoms with Crippen molar-refractivity contribution in [3.8, 4) is 17.2 Å². The Morgan fingerprint density at radius 3 is 1.71 bits per heavy atom. The molecule has 0 aromatic heterocycles. The van der Waals surface area contributed by atoms with Crippen molar-refractivity contribution in [1.29, 1.82) is 0 Å². The van der Waals surface area contributed by atoms with E-state index in [-0.39, 0.29) is 42.6 Å². The zero-order valence-corrected chi connectivity index (χ0v) is 15.6. The Labute approximate surface area is 164 Å².